The summed E-state index contributed by atoms with van der Waals surface area (Å²) in [7, 11) is 3.96. The van der Waals surface area contributed by atoms with Crippen LogP contribution in [0.4, 0.5) is 10.1 Å². The monoisotopic (exact) mass is 290 g/mol. The van der Waals surface area contributed by atoms with Crippen molar-refractivity contribution in [1.82, 2.24) is 10.2 Å². The molecule has 21 heavy (non-hydrogen) atoms. The maximum atomic E-state index is 12.8. The van der Waals surface area contributed by atoms with Crippen LogP contribution in [-0.2, 0) is 4.79 Å². The molecular weight excluding hydrogens is 271 g/mol. The zero-order chi connectivity index (χ0) is 15.7. The van der Waals surface area contributed by atoms with Crippen molar-refractivity contribution in [1.29, 1.82) is 5.26 Å². The fraction of sp³-hybridized carbons (Fsp3) is 0.333. The fourth-order valence-electron chi connectivity index (χ4n) is 1.55. The van der Waals surface area contributed by atoms with Gasteiger partial charge >= 0.3 is 0 Å². The fourth-order valence-corrected chi connectivity index (χ4v) is 1.55. The Hall–Kier alpha value is -2.39. The normalized spacial score (nSPS) is 11.1. The molecule has 0 aromatic heterocycles. The van der Waals surface area contributed by atoms with Crippen molar-refractivity contribution in [3.8, 4) is 6.07 Å². The van der Waals surface area contributed by atoms with E-state index in [1.54, 1.807) is 0 Å². The number of hydrogen-bond acceptors (Lipinski definition) is 4. The van der Waals surface area contributed by atoms with E-state index in [4.69, 9.17) is 5.26 Å². The molecule has 0 atom stereocenters. The highest BCUT2D eigenvalue weighted by Crippen LogP contribution is 2.09. The molecule has 0 saturated heterocycles. The van der Waals surface area contributed by atoms with Crippen molar-refractivity contribution in [3.05, 3.63) is 41.9 Å². The molecule has 0 radical (unpaired) electrons. The molecule has 1 rings (SSSR count). The van der Waals surface area contributed by atoms with Crippen LogP contribution in [0.2, 0.25) is 0 Å². The predicted molar refractivity (Wildman–Crippen MR) is 79.9 cm³/mol. The average molecular weight is 290 g/mol. The Bertz CT molecular complexity index is 532. The Morgan fingerprint density at radius 1 is 1.38 bits per heavy atom. The van der Waals surface area contributed by atoms with Crippen molar-refractivity contribution >= 4 is 11.6 Å². The zero-order valence-electron chi connectivity index (χ0n) is 12.2. The molecule has 0 aliphatic carbocycles. The van der Waals surface area contributed by atoms with Gasteiger partial charge in [-0.2, -0.15) is 5.26 Å². The summed E-state index contributed by atoms with van der Waals surface area (Å²) in [5.74, 6) is -0.907. The van der Waals surface area contributed by atoms with Crippen LogP contribution in [0.3, 0.4) is 0 Å². The number of amides is 1. The van der Waals surface area contributed by atoms with E-state index in [-0.39, 0.29) is 11.4 Å². The highest BCUT2D eigenvalue weighted by molar-refractivity contribution is 6.06. The van der Waals surface area contributed by atoms with E-state index >= 15 is 0 Å². The van der Waals surface area contributed by atoms with Crippen LogP contribution in [0, 0.1) is 17.1 Å². The molecule has 0 unspecified atom stereocenters. The minimum Gasteiger partial charge on any atom is -0.390 e. The standard InChI is InChI=1S/C15H19FN4O/c1-20(2)9-3-8-18-11-12(10-17)15(21)19-14-6-4-13(16)5-7-14/h4-7,11,18H,3,8-9H2,1-2H3,(H,19,21)/b12-11-. The summed E-state index contributed by atoms with van der Waals surface area (Å²) in [5, 5.41) is 14.4. The summed E-state index contributed by atoms with van der Waals surface area (Å²) in [6, 6.07) is 7.19. The largest absolute Gasteiger partial charge is 0.390 e. The highest BCUT2D eigenvalue weighted by atomic mass is 19.1. The third-order valence-corrected chi connectivity index (χ3v) is 2.64. The maximum Gasteiger partial charge on any atom is 0.267 e. The number of nitrogens with zero attached hydrogens (tertiary/aromatic N) is 2. The van der Waals surface area contributed by atoms with E-state index in [0.29, 0.717) is 12.2 Å². The Balaban J connectivity index is 2.49. The van der Waals surface area contributed by atoms with Gasteiger partial charge in [0, 0.05) is 18.4 Å². The highest BCUT2D eigenvalue weighted by Gasteiger charge is 2.08. The van der Waals surface area contributed by atoms with E-state index in [1.165, 1.54) is 30.5 Å². The Kier molecular flexibility index (Phi) is 6.92. The lowest BCUT2D eigenvalue weighted by Crippen LogP contribution is -2.20. The van der Waals surface area contributed by atoms with Crippen LogP contribution in [0.25, 0.3) is 0 Å². The number of benzene rings is 1. The van der Waals surface area contributed by atoms with Crippen molar-refractivity contribution in [2.45, 2.75) is 6.42 Å². The molecule has 0 saturated carbocycles. The van der Waals surface area contributed by atoms with Gasteiger partial charge in [-0.05, 0) is 51.3 Å². The Morgan fingerprint density at radius 3 is 2.62 bits per heavy atom. The quantitative estimate of drug-likeness (QED) is 0.456. The topological polar surface area (TPSA) is 68.2 Å². The number of nitrogens with one attached hydrogen (secondary N) is 2. The first kappa shape index (κ1) is 16.7. The van der Waals surface area contributed by atoms with Crippen LogP contribution < -0.4 is 10.6 Å². The van der Waals surface area contributed by atoms with Crippen molar-refractivity contribution in [2.75, 3.05) is 32.5 Å². The lowest BCUT2D eigenvalue weighted by Gasteiger charge is -2.09. The maximum absolute atomic E-state index is 12.8. The molecule has 0 aliphatic rings. The van der Waals surface area contributed by atoms with Crippen LogP contribution in [0.5, 0.6) is 0 Å². The van der Waals surface area contributed by atoms with Gasteiger partial charge in [0.25, 0.3) is 5.91 Å². The molecule has 6 heteroatoms. The van der Waals surface area contributed by atoms with E-state index < -0.39 is 5.91 Å². The molecule has 1 amide bonds. The van der Waals surface area contributed by atoms with Gasteiger partial charge in [0.2, 0.25) is 0 Å². The molecule has 0 bridgehead atoms. The van der Waals surface area contributed by atoms with Gasteiger partial charge in [-0.1, -0.05) is 0 Å². The number of hydrogen-bond donors (Lipinski definition) is 2. The van der Waals surface area contributed by atoms with Crippen LogP contribution in [0.1, 0.15) is 6.42 Å². The smallest absolute Gasteiger partial charge is 0.267 e. The molecule has 5 nitrogen and oxygen atoms in total. The summed E-state index contributed by atoms with van der Waals surface area (Å²) >= 11 is 0. The minimum absolute atomic E-state index is 0.0239. The molecular formula is C15H19FN4O. The molecule has 112 valence electrons. The van der Waals surface area contributed by atoms with E-state index in [2.05, 4.69) is 15.5 Å². The summed E-state index contributed by atoms with van der Waals surface area (Å²) in [6.45, 7) is 1.59. The van der Waals surface area contributed by atoms with E-state index in [9.17, 15) is 9.18 Å². The number of carbonyl (C=O) groups excluding carboxylic acids is 1. The molecule has 0 heterocycles. The first-order valence-electron chi connectivity index (χ1n) is 6.58. The zero-order valence-corrected chi connectivity index (χ0v) is 12.2. The third kappa shape index (κ3) is 6.54. The molecule has 0 fully saturated rings. The second kappa shape index (κ2) is 8.72. The van der Waals surface area contributed by atoms with Gasteiger partial charge in [-0.15, -0.1) is 0 Å². The van der Waals surface area contributed by atoms with Crippen LogP contribution in [-0.4, -0.2) is 38.0 Å². The van der Waals surface area contributed by atoms with Gasteiger partial charge < -0.3 is 15.5 Å². The second-order valence-corrected chi connectivity index (χ2v) is 4.74. The number of anilines is 1. The van der Waals surface area contributed by atoms with Gasteiger partial charge in [0.15, 0.2) is 0 Å². The number of rotatable bonds is 7. The predicted octanol–water partition coefficient (Wildman–Crippen LogP) is 1.71. The molecule has 1 aromatic carbocycles. The third-order valence-electron chi connectivity index (χ3n) is 2.64. The lowest BCUT2D eigenvalue weighted by atomic mass is 10.2. The van der Waals surface area contributed by atoms with Crippen molar-refractivity contribution < 1.29 is 9.18 Å². The first-order chi connectivity index (χ1) is 10.0. The first-order valence-corrected chi connectivity index (χ1v) is 6.58. The van der Waals surface area contributed by atoms with Gasteiger partial charge in [-0.25, -0.2) is 4.39 Å². The SMILES string of the molecule is CN(C)CCCN/C=C(/C#N)C(=O)Nc1ccc(F)cc1. The average Bonchev–Trinajstić information content (AvgIpc) is 2.45. The van der Waals surface area contributed by atoms with Crippen LogP contribution in [0.15, 0.2) is 36.0 Å². The summed E-state index contributed by atoms with van der Waals surface area (Å²) in [5.41, 5.74) is 0.416. The summed E-state index contributed by atoms with van der Waals surface area (Å²) < 4.78 is 12.8. The van der Waals surface area contributed by atoms with E-state index in [1.807, 2.05) is 20.2 Å². The van der Waals surface area contributed by atoms with Crippen molar-refractivity contribution in [2.24, 2.45) is 0 Å². The summed E-state index contributed by atoms with van der Waals surface area (Å²) in [6.07, 6.45) is 2.30. The Morgan fingerprint density at radius 2 is 2.05 bits per heavy atom. The number of carbonyl (C=O) groups is 1. The molecule has 0 spiro atoms. The number of halogens is 1. The molecule has 2 N–H and O–H groups in total. The van der Waals surface area contributed by atoms with Crippen LogP contribution >= 0.6 is 0 Å². The van der Waals surface area contributed by atoms with Gasteiger partial charge in [0.1, 0.15) is 17.5 Å². The molecule has 1 aromatic rings. The Labute approximate surface area is 124 Å². The lowest BCUT2D eigenvalue weighted by molar-refractivity contribution is -0.112. The number of nitriles is 1. The minimum atomic E-state index is -0.524. The van der Waals surface area contributed by atoms with E-state index in [0.717, 1.165) is 13.0 Å². The molecule has 0 aliphatic heterocycles. The van der Waals surface area contributed by atoms with Crippen molar-refractivity contribution in [3.63, 3.8) is 0 Å². The van der Waals surface area contributed by atoms with Gasteiger partial charge in [-0.3, -0.25) is 4.79 Å². The van der Waals surface area contributed by atoms with Gasteiger partial charge in [0.05, 0.1) is 0 Å². The summed E-state index contributed by atoms with van der Waals surface area (Å²) in [4.78, 5) is 13.9. The second-order valence-electron chi connectivity index (χ2n) is 4.74.